The third-order valence-electron chi connectivity index (χ3n) is 2.82. The topological polar surface area (TPSA) is 50.4 Å². The van der Waals surface area contributed by atoms with Crippen LogP contribution >= 0.6 is 0 Å². The number of carbonyl (C=O) groups excluding carboxylic acids is 1. The second-order valence-electron chi connectivity index (χ2n) is 5.37. The van der Waals surface area contributed by atoms with Crippen LogP contribution in [0.2, 0.25) is 0 Å². The highest BCUT2D eigenvalue weighted by Gasteiger charge is 2.14. The molecule has 1 rings (SSSR count). The van der Waals surface area contributed by atoms with Crippen molar-refractivity contribution in [2.45, 2.75) is 39.2 Å². The Kier molecular flexibility index (Phi) is 4.73. The number of rotatable bonds is 3. The maximum absolute atomic E-state index is 11.3. The average Bonchev–Trinajstić information content (AvgIpc) is 2.28. The monoisotopic (exact) mass is 250 g/mol. The lowest BCUT2D eigenvalue weighted by Crippen LogP contribution is -2.36. The summed E-state index contributed by atoms with van der Waals surface area (Å²) < 4.78 is 0. The van der Waals surface area contributed by atoms with E-state index in [0.29, 0.717) is 0 Å². The molecule has 1 aromatic carbocycles. The van der Waals surface area contributed by atoms with Crippen LogP contribution in [0, 0.1) is 0 Å². The Hall–Kier alpha value is -1.55. The highest BCUT2D eigenvalue weighted by atomic mass is 16.6. The largest absolute Gasteiger partial charge is 0.339 e. The molecule has 0 saturated heterocycles. The molecule has 1 aromatic rings. The lowest BCUT2D eigenvalue weighted by Gasteiger charge is -2.20. The summed E-state index contributed by atoms with van der Waals surface area (Å²) in [5.74, 6) is 0. The zero-order valence-corrected chi connectivity index (χ0v) is 11.7. The van der Waals surface area contributed by atoms with Crippen LogP contribution in [0.4, 0.5) is 4.79 Å². The Balaban J connectivity index is 2.70. The van der Waals surface area contributed by atoms with E-state index in [9.17, 15) is 4.79 Å². The number of urea groups is 1. The van der Waals surface area contributed by atoms with Gasteiger partial charge in [0, 0.05) is 0 Å². The number of hydroxylamine groups is 1. The first-order valence-corrected chi connectivity index (χ1v) is 6.04. The van der Waals surface area contributed by atoms with E-state index in [1.807, 2.05) is 19.1 Å². The predicted octanol–water partition coefficient (Wildman–Crippen LogP) is 2.91. The van der Waals surface area contributed by atoms with Crippen molar-refractivity contribution in [3.8, 4) is 0 Å². The van der Waals surface area contributed by atoms with Gasteiger partial charge in [-0.15, -0.1) is 0 Å². The van der Waals surface area contributed by atoms with Gasteiger partial charge in [-0.05, 0) is 23.5 Å². The fourth-order valence-electron chi connectivity index (χ4n) is 1.67. The van der Waals surface area contributed by atoms with Gasteiger partial charge in [-0.25, -0.2) is 10.3 Å². The van der Waals surface area contributed by atoms with E-state index in [2.05, 4.69) is 48.5 Å². The molecular formula is C14H22N2O2. The lowest BCUT2D eigenvalue weighted by atomic mass is 9.86. The summed E-state index contributed by atoms with van der Waals surface area (Å²) in [6.45, 7) is 8.46. The Morgan fingerprint density at radius 3 is 2.22 bits per heavy atom. The van der Waals surface area contributed by atoms with E-state index in [1.165, 1.54) is 12.7 Å². The first-order valence-electron chi connectivity index (χ1n) is 6.04. The van der Waals surface area contributed by atoms with Crippen LogP contribution in [0.25, 0.3) is 0 Å². The average molecular weight is 250 g/mol. The second kappa shape index (κ2) is 5.87. The number of hydrogen-bond acceptors (Lipinski definition) is 2. The summed E-state index contributed by atoms with van der Waals surface area (Å²) in [5, 5.41) is 2.78. The summed E-state index contributed by atoms with van der Waals surface area (Å²) in [6.07, 6.45) is 0. The molecule has 0 aliphatic heterocycles. The molecule has 0 aliphatic carbocycles. The molecule has 2 amide bonds. The number of nitrogens with one attached hydrogen (secondary N) is 2. The van der Waals surface area contributed by atoms with Crippen LogP contribution in [0.1, 0.15) is 44.9 Å². The number of benzene rings is 1. The smallest absolute Gasteiger partial charge is 0.330 e. The summed E-state index contributed by atoms with van der Waals surface area (Å²) >= 11 is 0. The molecule has 0 aromatic heterocycles. The van der Waals surface area contributed by atoms with Crippen molar-refractivity contribution in [3.63, 3.8) is 0 Å². The minimum atomic E-state index is -0.343. The quantitative estimate of drug-likeness (QED) is 0.810. The van der Waals surface area contributed by atoms with Crippen LogP contribution in [0.3, 0.4) is 0 Å². The summed E-state index contributed by atoms with van der Waals surface area (Å²) in [4.78, 5) is 15.8. The Morgan fingerprint density at radius 2 is 1.78 bits per heavy atom. The van der Waals surface area contributed by atoms with Crippen LogP contribution in [0.5, 0.6) is 0 Å². The highest BCUT2D eigenvalue weighted by Crippen LogP contribution is 2.23. The standard InChI is InChI=1S/C14H22N2O2/c1-10(15-13(17)16-18-5)11-6-8-12(9-7-11)14(2,3)4/h6-10H,1-5H3,(H2,15,16,17). The fraction of sp³-hybridized carbons (Fsp3) is 0.500. The summed E-state index contributed by atoms with van der Waals surface area (Å²) in [5.41, 5.74) is 4.71. The third-order valence-corrected chi connectivity index (χ3v) is 2.82. The van der Waals surface area contributed by atoms with Crippen LogP contribution in [-0.2, 0) is 10.3 Å². The lowest BCUT2D eigenvalue weighted by molar-refractivity contribution is 0.106. The SMILES string of the molecule is CONC(=O)NC(C)c1ccc(C(C)(C)C)cc1. The number of hydrogen-bond donors (Lipinski definition) is 2. The van der Waals surface area contributed by atoms with Crippen LogP contribution in [-0.4, -0.2) is 13.1 Å². The molecule has 0 bridgehead atoms. The molecule has 100 valence electrons. The number of carbonyl (C=O) groups is 1. The maximum Gasteiger partial charge on any atom is 0.339 e. The molecule has 0 saturated carbocycles. The van der Waals surface area contributed by atoms with Crippen molar-refractivity contribution in [2.75, 3.05) is 7.11 Å². The molecule has 1 unspecified atom stereocenters. The van der Waals surface area contributed by atoms with Crippen molar-refractivity contribution in [1.29, 1.82) is 0 Å². The molecular weight excluding hydrogens is 228 g/mol. The van der Waals surface area contributed by atoms with E-state index in [-0.39, 0.29) is 17.5 Å². The van der Waals surface area contributed by atoms with E-state index in [4.69, 9.17) is 0 Å². The van der Waals surface area contributed by atoms with Crippen molar-refractivity contribution < 1.29 is 9.63 Å². The Bertz CT molecular complexity index is 393. The normalized spacial score (nSPS) is 12.9. The zero-order valence-electron chi connectivity index (χ0n) is 11.7. The van der Waals surface area contributed by atoms with E-state index in [0.717, 1.165) is 5.56 Å². The highest BCUT2D eigenvalue weighted by molar-refractivity contribution is 5.73. The van der Waals surface area contributed by atoms with E-state index in [1.54, 1.807) is 0 Å². The second-order valence-corrected chi connectivity index (χ2v) is 5.37. The van der Waals surface area contributed by atoms with Gasteiger partial charge in [0.1, 0.15) is 0 Å². The minimum Gasteiger partial charge on any atom is -0.330 e. The van der Waals surface area contributed by atoms with Crippen molar-refractivity contribution >= 4 is 6.03 Å². The minimum absolute atomic E-state index is 0.0610. The van der Waals surface area contributed by atoms with Gasteiger partial charge in [0.05, 0.1) is 13.2 Å². The number of amides is 2. The predicted molar refractivity (Wildman–Crippen MR) is 72.2 cm³/mol. The molecule has 0 spiro atoms. The molecule has 2 N–H and O–H groups in total. The van der Waals surface area contributed by atoms with Gasteiger partial charge in [0.25, 0.3) is 0 Å². The zero-order chi connectivity index (χ0) is 13.8. The van der Waals surface area contributed by atoms with E-state index >= 15 is 0 Å². The van der Waals surface area contributed by atoms with Crippen LogP contribution < -0.4 is 10.8 Å². The molecule has 4 nitrogen and oxygen atoms in total. The van der Waals surface area contributed by atoms with Crippen LogP contribution in [0.15, 0.2) is 24.3 Å². The fourth-order valence-corrected chi connectivity index (χ4v) is 1.67. The Morgan fingerprint density at radius 1 is 1.22 bits per heavy atom. The van der Waals surface area contributed by atoms with Gasteiger partial charge in [-0.1, -0.05) is 45.0 Å². The van der Waals surface area contributed by atoms with E-state index < -0.39 is 0 Å². The molecule has 1 atom stereocenters. The van der Waals surface area contributed by atoms with Gasteiger partial charge in [-0.3, -0.25) is 4.84 Å². The van der Waals surface area contributed by atoms with Gasteiger partial charge in [-0.2, -0.15) is 0 Å². The third kappa shape index (κ3) is 4.04. The van der Waals surface area contributed by atoms with Gasteiger partial charge >= 0.3 is 6.03 Å². The molecule has 4 heteroatoms. The summed E-state index contributed by atoms with van der Waals surface area (Å²) in [6, 6.07) is 7.87. The van der Waals surface area contributed by atoms with Gasteiger partial charge in [0.15, 0.2) is 0 Å². The van der Waals surface area contributed by atoms with Gasteiger partial charge in [0.2, 0.25) is 0 Å². The molecule has 0 fully saturated rings. The van der Waals surface area contributed by atoms with Gasteiger partial charge < -0.3 is 5.32 Å². The first kappa shape index (κ1) is 14.5. The molecule has 0 aliphatic rings. The molecule has 0 heterocycles. The Labute approximate surface area is 109 Å². The molecule has 0 radical (unpaired) electrons. The van der Waals surface area contributed by atoms with Crippen molar-refractivity contribution in [3.05, 3.63) is 35.4 Å². The van der Waals surface area contributed by atoms with Crippen molar-refractivity contribution in [1.82, 2.24) is 10.8 Å². The summed E-state index contributed by atoms with van der Waals surface area (Å²) in [7, 11) is 1.41. The van der Waals surface area contributed by atoms with Crippen molar-refractivity contribution in [2.24, 2.45) is 0 Å². The first-order chi connectivity index (χ1) is 8.34. The molecule has 18 heavy (non-hydrogen) atoms. The maximum atomic E-state index is 11.3.